The molecule has 72 heavy (non-hydrogen) atoms. The van der Waals surface area contributed by atoms with Crippen LogP contribution in [0.2, 0.25) is 10.4 Å². The Morgan fingerprint density at radius 2 is 1.71 bits per heavy atom. The second kappa shape index (κ2) is 17.9. The number of aryl methyl sites for hydroxylation is 1. The molecule has 1 unspecified atom stereocenters. The lowest BCUT2D eigenvalue weighted by Gasteiger charge is -2.77. The molecule has 0 spiro atoms. The van der Waals surface area contributed by atoms with E-state index in [-0.39, 0.29) is 71.2 Å². The van der Waals surface area contributed by atoms with Crippen molar-refractivity contribution in [2.45, 2.75) is 102 Å². The van der Waals surface area contributed by atoms with Gasteiger partial charge in [0.2, 0.25) is 11.8 Å². The van der Waals surface area contributed by atoms with Gasteiger partial charge in [0.25, 0.3) is 12.3 Å². The number of aromatic nitrogens is 7. The Hall–Kier alpha value is -5.39. The van der Waals surface area contributed by atoms with Crippen LogP contribution in [-0.4, -0.2) is 181 Å². The van der Waals surface area contributed by atoms with E-state index in [2.05, 4.69) is 113 Å². The van der Waals surface area contributed by atoms with E-state index in [1.54, 1.807) is 30.2 Å². The lowest BCUT2D eigenvalue weighted by Crippen LogP contribution is -2.85. The number of imidazole rings is 1. The summed E-state index contributed by atoms with van der Waals surface area (Å²) in [6.45, 7) is 2.33. The number of nitrogens with one attached hydrogen (secondary N) is 2. The third-order valence-electron chi connectivity index (χ3n) is 18.7. The zero-order valence-corrected chi connectivity index (χ0v) is 43.0. The summed E-state index contributed by atoms with van der Waals surface area (Å²) in [5, 5.41) is 12.2. The molecule has 5 aliphatic rings. The van der Waals surface area contributed by atoms with Gasteiger partial charge in [-0.15, -0.1) is 0 Å². The highest BCUT2D eigenvalue weighted by atomic mass is 19.3. The summed E-state index contributed by atoms with van der Waals surface area (Å²) in [4.78, 5) is 61.6. The fourth-order valence-corrected chi connectivity index (χ4v) is 13.0. The third-order valence-corrected chi connectivity index (χ3v) is 18.7. The van der Waals surface area contributed by atoms with Gasteiger partial charge in [0, 0.05) is 37.9 Å². The number of fused-ring (bicyclic) bond motifs is 4. The van der Waals surface area contributed by atoms with Crippen molar-refractivity contribution in [2.24, 2.45) is 13.0 Å². The maximum absolute atomic E-state index is 14.6. The predicted molar refractivity (Wildman–Crippen MR) is 293 cm³/mol. The number of para-hydroxylation sites is 1. The molecule has 4 saturated heterocycles. The van der Waals surface area contributed by atoms with Crippen molar-refractivity contribution in [1.82, 2.24) is 43.7 Å². The molecule has 1 aromatic carbocycles. The minimum atomic E-state index is -2.89. The van der Waals surface area contributed by atoms with Crippen molar-refractivity contribution in [2.75, 3.05) is 36.5 Å². The van der Waals surface area contributed by atoms with Crippen LogP contribution in [0.3, 0.4) is 0 Å². The molecule has 28 heteroatoms. The number of imide groups is 1. The van der Waals surface area contributed by atoms with Gasteiger partial charge in [-0.25, -0.2) is 23.1 Å². The van der Waals surface area contributed by atoms with Crippen LogP contribution >= 0.6 is 0 Å². The van der Waals surface area contributed by atoms with E-state index in [1.807, 2.05) is 18.2 Å². The van der Waals surface area contributed by atoms with Gasteiger partial charge in [0.05, 0.1) is 53.3 Å². The number of amides is 3. The molecule has 1 saturated carbocycles. The van der Waals surface area contributed by atoms with Crippen LogP contribution in [0.15, 0.2) is 47.7 Å². The van der Waals surface area contributed by atoms with Crippen molar-refractivity contribution in [3.8, 4) is 11.8 Å². The van der Waals surface area contributed by atoms with Crippen LogP contribution in [0.25, 0.3) is 16.7 Å². The molecule has 2 bridgehead atoms. The number of morpholine rings is 1. The number of anilines is 2. The topological polar surface area (TPSA) is 175 Å². The first-order valence-corrected chi connectivity index (χ1v) is 25.3. The normalized spacial score (nSPS) is 26.2. The molecule has 4 aromatic heterocycles. The Morgan fingerprint density at radius 3 is 2.36 bits per heavy atom. The van der Waals surface area contributed by atoms with Crippen molar-refractivity contribution in [3.05, 3.63) is 70.2 Å². The Morgan fingerprint density at radius 1 is 0.986 bits per heavy atom. The summed E-state index contributed by atoms with van der Waals surface area (Å²) < 4.78 is 48.1. The Labute approximate surface area is 425 Å². The molecule has 4 aliphatic heterocycles. The highest BCUT2D eigenvalue weighted by molar-refractivity contribution is 6.64. The average molecular weight is 972 g/mol. The van der Waals surface area contributed by atoms with Gasteiger partial charge >= 0.3 is 5.69 Å². The van der Waals surface area contributed by atoms with E-state index in [1.165, 1.54) is 19.8 Å². The Balaban J connectivity index is 0.810. The second-order valence-corrected chi connectivity index (χ2v) is 22.9. The number of ether oxygens (including phenoxy) is 2. The van der Waals surface area contributed by atoms with E-state index in [0.29, 0.717) is 34.8 Å². The minimum Gasteiger partial charge on any atom is -0.374 e. The molecule has 5 fully saturated rings. The smallest absolute Gasteiger partial charge is 0.329 e. The van der Waals surface area contributed by atoms with Crippen molar-refractivity contribution in [3.63, 3.8) is 0 Å². The number of nitrogens with zero attached hydrogens (tertiary/aromatic N) is 9. The number of benzene rings is 1. The molecule has 17 nitrogen and oxygen atoms in total. The largest absolute Gasteiger partial charge is 0.374 e. The number of hydrogen-bond donors (Lipinski definition) is 2. The summed E-state index contributed by atoms with van der Waals surface area (Å²) in [5.74, 6) is 6.20. The fraction of sp³-hybridized carbons (Fsp3) is 0.523. The SMILES string of the molecule is BC1(B)N(C[C@H]2CC[C@H](n3cc(NC(=O)c4cnn5ccc(N6C[C@H]7C[C@@H]6CO7)nc45)c(C(F)F)n3)CC2)C(B)(B)C(B)(B)C(B)(OCC#Cc2cccc3c2n(C)c(=O)n3C2CCC(=O)NC2=O)C1(B)B. The minimum absolute atomic E-state index is 0.0230. The maximum Gasteiger partial charge on any atom is 0.329 e. The molecule has 10 rings (SSSR count). The van der Waals surface area contributed by atoms with E-state index < -0.39 is 45.9 Å². The van der Waals surface area contributed by atoms with Crippen LogP contribution in [0.4, 0.5) is 20.3 Å². The van der Waals surface area contributed by atoms with Gasteiger partial charge < -0.3 is 24.6 Å². The second-order valence-electron chi connectivity index (χ2n) is 22.9. The highest BCUT2D eigenvalue weighted by Crippen LogP contribution is 2.63. The van der Waals surface area contributed by atoms with E-state index in [4.69, 9.17) is 14.5 Å². The lowest BCUT2D eigenvalue weighted by molar-refractivity contribution is -0.135. The molecule has 3 amide bonds. The number of rotatable bonds is 10. The van der Waals surface area contributed by atoms with Crippen LogP contribution < -0.4 is 21.2 Å². The quantitative estimate of drug-likeness (QED) is 0.0779. The Bertz CT molecular complexity index is 3110. The first-order chi connectivity index (χ1) is 34.0. The molecule has 366 valence electrons. The Kier molecular flexibility index (Phi) is 12.5. The van der Waals surface area contributed by atoms with Gasteiger partial charge in [-0.1, -0.05) is 28.3 Å². The number of carbonyl (C=O) groups excluding carboxylic acids is 3. The van der Waals surface area contributed by atoms with Gasteiger partial charge in [0.1, 0.15) is 94.6 Å². The van der Waals surface area contributed by atoms with Crippen LogP contribution in [-0.2, 0) is 26.1 Å². The zero-order valence-electron chi connectivity index (χ0n) is 43.0. The van der Waals surface area contributed by atoms with Crippen molar-refractivity contribution >= 4 is 117 Å². The van der Waals surface area contributed by atoms with Gasteiger partial charge in [-0.3, -0.25) is 33.5 Å². The van der Waals surface area contributed by atoms with Gasteiger partial charge in [0.15, 0.2) is 11.3 Å². The number of likely N-dealkylation sites (tertiary alicyclic amines) is 1. The lowest BCUT2D eigenvalue weighted by atomic mass is 9.12. The number of halogens is 2. The third kappa shape index (κ3) is 7.84. The summed E-state index contributed by atoms with van der Waals surface area (Å²) in [6.07, 6.45) is 6.57. The summed E-state index contributed by atoms with van der Waals surface area (Å²) in [6, 6.07) is 6.67. The molecule has 8 heterocycles. The van der Waals surface area contributed by atoms with E-state index >= 15 is 0 Å². The highest BCUT2D eigenvalue weighted by Gasteiger charge is 2.68. The molecule has 5 aromatic rings. The van der Waals surface area contributed by atoms with Crippen molar-refractivity contribution < 1.29 is 32.6 Å². The van der Waals surface area contributed by atoms with Crippen molar-refractivity contribution in [1.29, 1.82) is 0 Å². The first kappa shape index (κ1) is 50.2. The molecular formula is C44H58B9F2N11O6. The monoisotopic (exact) mass is 974 g/mol. The van der Waals surface area contributed by atoms with E-state index in [0.717, 1.165) is 51.0 Å². The molecule has 2 N–H and O–H groups in total. The zero-order chi connectivity index (χ0) is 51.4. The molecule has 0 radical (unpaired) electrons. The summed E-state index contributed by atoms with van der Waals surface area (Å²) >= 11 is 0. The van der Waals surface area contributed by atoms with E-state index in [9.17, 15) is 28.0 Å². The number of piperidine rings is 2. The standard InChI is InChI=1S/C44H58B9F2N11O6/c1-61-34-23(4-2-6-29(34)66(39(61)70)30-11-12-32(67)59-38(30)69)5-3-15-72-42(49)40(45,46)43(50,51)65(44(52,53)41(42,47)48)18-22-7-9-24(10-8-22)64-20-28(33(60-64)35(54)55)57-37(68)27-17-56-63-14-13-31(58-36(27)63)62-19-26-16-25(62)21-71-26/h2,4,6,13-14,17,20,22,24-26,30,35H,7-12,15-16,18-19,21,45-53H2,1H3,(H,57,68)(H,59,67,69)/t22-,24-,25-,26-,30?/m1/s1. The summed E-state index contributed by atoms with van der Waals surface area (Å²) in [5.41, 5.74) is 0.838. The maximum atomic E-state index is 14.6. The number of hydrogen-bond acceptors (Lipinski definition) is 11. The fourth-order valence-electron chi connectivity index (χ4n) is 13.0. The van der Waals surface area contributed by atoms with Crippen LogP contribution in [0.5, 0.6) is 0 Å². The van der Waals surface area contributed by atoms with Gasteiger partial charge in [-0.2, -0.15) is 10.2 Å². The number of alkyl halides is 2. The van der Waals surface area contributed by atoms with Gasteiger partial charge in [-0.05, 0) is 79.9 Å². The molecular weight excluding hydrogens is 914 g/mol. The average Bonchev–Trinajstić information content (AvgIpc) is 4.19. The summed E-state index contributed by atoms with van der Waals surface area (Å²) in [7, 11) is 22.2. The molecule has 3 atom stereocenters. The first-order valence-electron chi connectivity index (χ1n) is 25.3. The molecule has 1 aliphatic carbocycles. The predicted octanol–water partition coefficient (Wildman–Crippen LogP) is -5.23. The van der Waals surface area contributed by atoms with Crippen LogP contribution in [0, 0.1) is 17.8 Å². The number of carbonyl (C=O) groups is 3. The van der Waals surface area contributed by atoms with Crippen LogP contribution in [0.1, 0.15) is 85.1 Å².